The van der Waals surface area contributed by atoms with E-state index in [1.165, 1.54) is 24.5 Å². The Hall–Kier alpha value is -3.59. The molecule has 0 radical (unpaired) electrons. The lowest BCUT2D eigenvalue weighted by Crippen LogP contribution is -2.11. The van der Waals surface area contributed by atoms with E-state index >= 15 is 0 Å². The van der Waals surface area contributed by atoms with E-state index in [9.17, 15) is 9.18 Å². The Morgan fingerprint density at radius 1 is 1.21 bits per heavy atom. The van der Waals surface area contributed by atoms with Gasteiger partial charge in [0.1, 0.15) is 5.69 Å². The maximum Gasteiger partial charge on any atom is 0.275 e. The monoisotopic (exact) mass is 395 g/mol. The number of aromatic amines is 1. The van der Waals surface area contributed by atoms with Crippen molar-refractivity contribution in [1.29, 1.82) is 0 Å². The average molecular weight is 395 g/mol. The minimum atomic E-state index is -0.507. The van der Waals surface area contributed by atoms with Gasteiger partial charge in [-0.25, -0.2) is 14.4 Å². The first-order chi connectivity index (χ1) is 13.7. The van der Waals surface area contributed by atoms with Gasteiger partial charge in [0.05, 0.1) is 18.2 Å². The van der Waals surface area contributed by atoms with Crippen molar-refractivity contribution in [2.45, 2.75) is 0 Å². The number of halogens is 1. The number of benzene rings is 2. The number of aromatic nitrogens is 4. The standard InChI is InChI=1S/C19H14FN5O2S/c1-27-15-4-2-3-13(16(15)20)18-23-17(24-25-18)11-5-7-12(8-6-11)22-19(26)14-9-28-10-21-14/h2-10H,1H3,(H,22,26)(H,23,24,25). The Morgan fingerprint density at radius 3 is 2.75 bits per heavy atom. The van der Waals surface area contributed by atoms with E-state index in [1.807, 2.05) is 0 Å². The number of hydrogen-bond donors (Lipinski definition) is 2. The molecule has 0 saturated heterocycles. The van der Waals surface area contributed by atoms with Crippen molar-refractivity contribution in [2.75, 3.05) is 12.4 Å². The predicted octanol–water partition coefficient (Wildman–Crippen LogP) is 4.00. The molecule has 2 N–H and O–H groups in total. The molecule has 9 heteroatoms. The maximum absolute atomic E-state index is 14.4. The number of ether oxygens (including phenoxy) is 1. The first kappa shape index (κ1) is 17.8. The molecular weight excluding hydrogens is 381 g/mol. The average Bonchev–Trinajstić information content (AvgIpc) is 3.41. The van der Waals surface area contributed by atoms with Crippen LogP contribution in [0.4, 0.5) is 10.1 Å². The number of rotatable bonds is 5. The first-order valence-electron chi connectivity index (χ1n) is 8.21. The van der Waals surface area contributed by atoms with Crippen LogP contribution in [0, 0.1) is 5.82 Å². The summed E-state index contributed by atoms with van der Waals surface area (Å²) in [5.41, 5.74) is 3.58. The van der Waals surface area contributed by atoms with E-state index in [1.54, 1.807) is 47.3 Å². The normalized spacial score (nSPS) is 10.6. The lowest BCUT2D eigenvalue weighted by atomic mass is 10.1. The number of H-pyrrole nitrogens is 1. The highest BCUT2D eigenvalue weighted by atomic mass is 32.1. The first-order valence-corrected chi connectivity index (χ1v) is 9.15. The van der Waals surface area contributed by atoms with Crippen LogP contribution in [0.2, 0.25) is 0 Å². The second kappa shape index (κ2) is 7.57. The van der Waals surface area contributed by atoms with Gasteiger partial charge in [0.15, 0.2) is 23.2 Å². The lowest BCUT2D eigenvalue weighted by Gasteiger charge is -2.04. The molecule has 4 aromatic rings. The minimum Gasteiger partial charge on any atom is -0.494 e. The van der Waals surface area contributed by atoms with E-state index in [0.29, 0.717) is 23.0 Å². The summed E-state index contributed by atoms with van der Waals surface area (Å²) in [6, 6.07) is 11.8. The van der Waals surface area contributed by atoms with Crippen molar-refractivity contribution in [2.24, 2.45) is 0 Å². The second-order valence-electron chi connectivity index (χ2n) is 5.73. The van der Waals surface area contributed by atoms with Crippen molar-refractivity contribution in [3.63, 3.8) is 0 Å². The molecular formula is C19H14FN5O2S. The van der Waals surface area contributed by atoms with Gasteiger partial charge in [0.25, 0.3) is 5.91 Å². The number of methoxy groups -OCH3 is 1. The quantitative estimate of drug-likeness (QED) is 0.533. The molecule has 0 aliphatic heterocycles. The van der Waals surface area contributed by atoms with Crippen LogP contribution < -0.4 is 10.1 Å². The highest BCUT2D eigenvalue weighted by molar-refractivity contribution is 7.07. The van der Waals surface area contributed by atoms with Gasteiger partial charge in [-0.15, -0.1) is 11.3 Å². The molecule has 2 aromatic heterocycles. The van der Waals surface area contributed by atoms with Crippen LogP contribution in [0.25, 0.3) is 22.8 Å². The molecule has 0 saturated carbocycles. The van der Waals surface area contributed by atoms with Crippen LogP contribution in [0.5, 0.6) is 5.75 Å². The van der Waals surface area contributed by atoms with Gasteiger partial charge in [0.2, 0.25) is 0 Å². The maximum atomic E-state index is 14.4. The highest BCUT2D eigenvalue weighted by Gasteiger charge is 2.15. The number of anilines is 1. The summed E-state index contributed by atoms with van der Waals surface area (Å²) in [6.07, 6.45) is 0. The molecule has 7 nitrogen and oxygen atoms in total. The van der Waals surface area contributed by atoms with Gasteiger partial charge in [-0.05, 0) is 36.4 Å². The van der Waals surface area contributed by atoms with Crippen molar-refractivity contribution in [3.05, 3.63) is 64.9 Å². The smallest absolute Gasteiger partial charge is 0.275 e. The molecule has 1 amide bonds. The van der Waals surface area contributed by atoms with Crippen LogP contribution >= 0.6 is 11.3 Å². The Morgan fingerprint density at radius 2 is 2.04 bits per heavy atom. The molecule has 28 heavy (non-hydrogen) atoms. The van der Waals surface area contributed by atoms with Crippen molar-refractivity contribution < 1.29 is 13.9 Å². The minimum absolute atomic E-state index is 0.135. The van der Waals surface area contributed by atoms with Gasteiger partial charge in [0, 0.05) is 16.6 Å². The van der Waals surface area contributed by atoms with E-state index in [4.69, 9.17) is 4.74 Å². The van der Waals surface area contributed by atoms with Gasteiger partial charge < -0.3 is 10.1 Å². The van der Waals surface area contributed by atoms with E-state index in [0.717, 1.165) is 5.56 Å². The van der Waals surface area contributed by atoms with Crippen molar-refractivity contribution >= 4 is 22.9 Å². The molecule has 0 spiro atoms. The fourth-order valence-corrected chi connectivity index (χ4v) is 3.12. The Balaban J connectivity index is 1.54. The molecule has 0 atom stereocenters. The number of nitrogens with one attached hydrogen (secondary N) is 2. The summed E-state index contributed by atoms with van der Waals surface area (Å²) in [6.45, 7) is 0. The second-order valence-corrected chi connectivity index (χ2v) is 6.45. The number of nitrogens with zero attached hydrogens (tertiary/aromatic N) is 3. The Kier molecular flexibility index (Phi) is 4.81. The van der Waals surface area contributed by atoms with Crippen molar-refractivity contribution in [1.82, 2.24) is 20.2 Å². The zero-order valence-corrected chi connectivity index (χ0v) is 15.5. The Labute approximate surface area is 163 Å². The van der Waals surface area contributed by atoms with Crippen LogP contribution in [-0.4, -0.2) is 33.2 Å². The summed E-state index contributed by atoms with van der Waals surface area (Å²) in [7, 11) is 1.41. The fraction of sp³-hybridized carbons (Fsp3) is 0.0526. The number of thiazole rings is 1. The van der Waals surface area contributed by atoms with E-state index < -0.39 is 5.82 Å². The highest BCUT2D eigenvalue weighted by Crippen LogP contribution is 2.28. The third kappa shape index (κ3) is 3.47. The molecule has 0 fully saturated rings. The SMILES string of the molecule is COc1cccc(-c2nc(-c3ccc(NC(=O)c4cscn4)cc3)n[nH]2)c1F. The zero-order chi connectivity index (χ0) is 19.5. The lowest BCUT2D eigenvalue weighted by molar-refractivity contribution is 0.102. The van der Waals surface area contributed by atoms with Gasteiger partial charge in [-0.2, -0.15) is 5.10 Å². The Bertz CT molecular complexity index is 1110. The number of amides is 1. The third-order valence-electron chi connectivity index (χ3n) is 3.99. The third-order valence-corrected chi connectivity index (χ3v) is 4.58. The molecule has 0 aliphatic carbocycles. The van der Waals surface area contributed by atoms with Gasteiger partial charge in [-0.3, -0.25) is 9.89 Å². The van der Waals surface area contributed by atoms with Gasteiger partial charge in [-0.1, -0.05) is 6.07 Å². The number of carbonyl (C=O) groups is 1. The summed E-state index contributed by atoms with van der Waals surface area (Å²) in [5, 5.41) is 11.3. The molecule has 0 aliphatic rings. The molecule has 4 rings (SSSR count). The van der Waals surface area contributed by atoms with E-state index in [2.05, 4.69) is 25.5 Å². The number of hydrogen-bond acceptors (Lipinski definition) is 6. The van der Waals surface area contributed by atoms with Crippen LogP contribution in [0.15, 0.2) is 53.4 Å². The van der Waals surface area contributed by atoms with Crippen molar-refractivity contribution in [3.8, 4) is 28.5 Å². The topological polar surface area (TPSA) is 92.8 Å². The summed E-state index contributed by atoms with van der Waals surface area (Å²) >= 11 is 1.36. The molecule has 2 heterocycles. The van der Waals surface area contributed by atoms with Crippen LogP contribution in [0.1, 0.15) is 10.5 Å². The molecule has 0 unspecified atom stereocenters. The predicted molar refractivity (Wildman–Crippen MR) is 104 cm³/mol. The zero-order valence-electron chi connectivity index (χ0n) is 14.6. The molecule has 140 valence electrons. The van der Waals surface area contributed by atoms with E-state index in [-0.39, 0.29) is 17.2 Å². The summed E-state index contributed by atoms with van der Waals surface area (Å²) < 4.78 is 19.4. The van der Waals surface area contributed by atoms with Crippen LogP contribution in [-0.2, 0) is 0 Å². The summed E-state index contributed by atoms with van der Waals surface area (Å²) in [5.74, 6) is 0.0630. The fourth-order valence-electron chi connectivity index (χ4n) is 2.59. The molecule has 2 aromatic carbocycles. The number of carbonyl (C=O) groups excluding carboxylic acids is 1. The largest absolute Gasteiger partial charge is 0.494 e. The summed E-state index contributed by atoms with van der Waals surface area (Å²) in [4.78, 5) is 20.4. The van der Waals surface area contributed by atoms with Crippen LogP contribution in [0.3, 0.4) is 0 Å². The molecule has 0 bridgehead atoms. The van der Waals surface area contributed by atoms with Gasteiger partial charge >= 0.3 is 0 Å².